The smallest absolute Gasteiger partial charge is 0.348 e. The number of benzene rings is 10. The van der Waals surface area contributed by atoms with E-state index in [0.717, 1.165) is 161 Å². The van der Waals surface area contributed by atoms with Gasteiger partial charge in [0.2, 0.25) is 0 Å². The number of allylic oxidation sites excluding steroid dienone is 2. The fraction of sp³-hybridized carbons (Fsp3) is 0.151. The highest BCUT2D eigenvalue weighted by Crippen LogP contribution is 2.56. The summed E-state index contributed by atoms with van der Waals surface area (Å²) in [6, 6.07) is 77.6. The van der Waals surface area contributed by atoms with Crippen molar-refractivity contribution >= 4 is 232 Å². The first kappa shape index (κ1) is 113. The number of nitrogens with zero attached hydrogens (tertiary/aromatic N) is 1. The van der Waals surface area contributed by atoms with E-state index < -0.39 is 67.4 Å². The van der Waals surface area contributed by atoms with Gasteiger partial charge in [0.15, 0.2) is 0 Å². The average molecular weight is 2230 g/mol. The van der Waals surface area contributed by atoms with Crippen molar-refractivity contribution in [3.05, 3.63) is 362 Å². The van der Waals surface area contributed by atoms with Gasteiger partial charge in [-0.1, -0.05) is 238 Å². The number of carboxylic acids is 5. The molecule has 1 aliphatic heterocycles. The van der Waals surface area contributed by atoms with Crippen molar-refractivity contribution in [2.24, 2.45) is 4.99 Å². The van der Waals surface area contributed by atoms with Crippen molar-refractivity contribution in [1.82, 2.24) is 0 Å². The number of carbonyl (C=O) groups is 5. The summed E-state index contributed by atoms with van der Waals surface area (Å²) in [5.74, 6) is 0.575. The van der Waals surface area contributed by atoms with Crippen LogP contribution in [-0.2, 0) is 45.4 Å². The van der Waals surface area contributed by atoms with Crippen molar-refractivity contribution in [2.45, 2.75) is 75.7 Å². The largest absolute Gasteiger partial charge is 0.477 e. The maximum absolute atomic E-state index is 13.8. The summed E-state index contributed by atoms with van der Waals surface area (Å²) in [5, 5.41) is 65.7. The predicted molar refractivity (Wildman–Crippen MR) is 600 cm³/mol. The van der Waals surface area contributed by atoms with Crippen molar-refractivity contribution in [3.8, 4) is 64.0 Å². The highest BCUT2D eigenvalue weighted by Gasteiger charge is 2.37. The van der Waals surface area contributed by atoms with E-state index in [1.165, 1.54) is 38.5 Å². The van der Waals surface area contributed by atoms with Gasteiger partial charge >= 0.3 is 67.4 Å². The number of thiophene rings is 5. The lowest BCUT2D eigenvalue weighted by Crippen LogP contribution is -2.18. The minimum atomic E-state index is -3.76. The molecule has 10 N–H and O–H groups in total. The molecule has 5 atom stereocenters. The molecule has 0 fully saturated rings. The Morgan fingerprint density at radius 2 is 0.616 bits per heavy atom. The predicted octanol–water partition coefficient (Wildman–Crippen LogP) is 30.1. The SMILES string of the molecule is CCOP(=O)(Nc1cc(-c2ccc(C#CC3=CCC=N3)cc2)sc1C(=O)O)c1ccc(Cl)cc1Cl.CCOP(=O)(Nc1cc(-c2ccc(C)cc2)sc1C(=O)O)c1ccc(C)cc1C.CCOP(=O)(Nc1cc(-c2ccc(C)cc2)sc1C(=O)O)c1ccc(Cl)cc1Cl.COP(=O)(Nc1cc(-c2ccc(C)cc2)sc1C(=O)O)c1ccc(C)cc1C.COP(=O)(Nc1cc(-c2ccccc2)sc1C(=O)O)c1ccccc1. The maximum atomic E-state index is 13.8. The number of hydrogen-bond acceptors (Lipinski definition) is 21. The van der Waals surface area contributed by atoms with Crippen LogP contribution in [-0.4, -0.2) is 95.6 Å². The molecule has 0 amide bonds. The number of rotatable bonds is 33. The number of halogens is 4. The van der Waals surface area contributed by atoms with Gasteiger partial charge in [0.25, 0.3) is 0 Å². The van der Waals surface area contributed by atoms with E-state index in [0.29, 0.717) is 42.2 Å². The van der Waals surface area contributed by atoms with Crippen LogP contribution in [0, 0.1) is 60.3 Å². The van der Waals surface area contributed by atoms with Crippen molar-refractivity contribution in [1.29, 1.82) is 0 Å². The molecule has 6 heterocycles. The first-order valence-corrected chi connectivity index (χ1v) is 58.3. The van der Waals surface area contributed by atoms with Crippen LogP contribution in [0.15, 0.2) is 278 Å². The van der Waals surface area contributed by atoms with Gasteiger partial charge in [-0.05, 0) is 223 Å². The van der Waals surface area contributed by atoms with Crippen molar-refractivity contribution in [3.63, 3.8) is 0 Å². The van der Waals surface area contributed by atoms with E-state index in [2.05, 4.69) is 42.3 Å². The fourth-order valence-corrected chi connectivity index (χ4v) is 29.9. The standard InChI is InChI=1S/C25H19Cl2N2O4PS.C22H24NO4PS.C21H22NO4PS.C20H18Cl2NO4PS.C18H16NO4PS/c1-2-33-34(32,22-12-10-18(26)14-20(22)27)29-21-15-23(35-24(21)25(30)31)17-8-5-16(6-9-17)7-11-19-4-3-13-28-19;1-5-27-28(26,19-11-8-15(3)12-16(19)4)23-18-13-20(29-21(18)22(24)25)17-9-6-14(2)7-10-17;1-13-5-8-16(9-6-13)19-12-17(20(28-19)21(23)24)22-27(25,26-4)18-10-7-14(2)11-15(18)3;1-3-27-28(26,17-9-8-14(21)10-15(17)22)23-16-11-18(29-19(16)20(24)25)13-6-4-12(2)5-7-13;1-23-24(22,14-10-6-3-7-11-14)19-15-12-16(25-17(15)18(20)21)13-8-4-2-5-9-13/h4-6,8-10,12-15H,2-3H2,1H3,(H,29,32)(H,30,31);6-13H,5H2,1-4H3,(H,23,26)(H,24,25);5-12H,1-4H3,(H,22,25)(H,23,24);4-11H,3H2,1-2H3,(H,23,26)(H,24,25);2-12H,1H3,(H,19,22)(H,20,21). The highest BCUT2D eigenvalue weighted by molar-refractivity contribution is 7.70. The molecule has 146 heavy (non-hydrogen) atoms. The van der Waals surface area contributed by atoms with Gasteiger partial charge in [-0.2, -0.15) is 0 Å². The second-order valence-corrected chi connectivity index (χ2v) is 49.8. The third-order valence-electron chi connectivity index (χ3n) is 21.5. The van der Waals surface area contributed by atoms with Crippen LogP contribution >= 0.6 is 141 Å². The van der Waals surface area contributed by atoms with Crippen molar-refractivity contribution < 1.29 is 94.9 Å². The first-order valence-electron chi connectivity index (χ1n) is 44.6. The first-order chi connectivity index (χ1) is 69.5. The Hall–Kier alpha value is -11.9. The summed E-state index contributed by atoms with van der Waals surface area (Å²) < 4.78 is 95.2. The third-order valence-corrected chi connectivity index (χ3v) is 39.6. The second-order valence-electron chi connectivity index (χ2n) is 32.3. The van der Waals surface area contributed by atoms with Gasteiger partial charge in [0.05, 0.1) is 84.8 Å². The molecule has 0 aliphatic carbocycles. The zero-order valence-corrected chi connectivity index (χ0v) is 92.0. The van der Waals surface area contributed by atoms with Gasteiger partial charge in [0, 0.05) is 66.8 Å². The van der Waals surface area contributed by atoms with Crippen molar-refractivity contribution in [2.75, 3.05) is 59.5 Å². The Bertz CT molecular complexity index is 7550. The molecule has 5 unspecified atom stereocenters. The van der Waals surface area contributed by atoms with Gasteiger partial charge in [-0.15, -0.1) is 56.7 Å². The molecular formula is C106H99Cl4N6O20P5S5. The summed E-state index contributed by atoms with van der Waals surface area (Å²) >= 11 is 30.0. The van der Waals surface area contributed by atoms with Gasteiger partial charge < -0.3 is 73.6 Å². The monoisotopic (exact) mass is 2230 g/mol. The summed E-state index contributed by atoms with van der Waals surface area (Å²) in [7, 11) is -15.2. The number of aryl methyl sites for hydroxylation is 7. The van der Waals surface area contributed by atoms with Gasteiger partial charge in [-0.3, -0.25) is 27.8 Å². The highest BCUT2D eigenvalue weighted by atomic mass is 35.5. The number of carboxylic acid groups (broad SMARTS) is 5. The molecule has 0 radical (unpaired) electrons. The van der Waals surface area contributed by atoms with Crippen LogP contribution in [0.4, 0.5) is 28.4 Å². The Morgan fingerprint density at radius 3 is 0.911 bits per heavy atom. The van der Waals surface area contributed by atoms with E-state index in [-0.39, 0.29) is 81.9 Å². The number of aliphatic imine (C=N–C) groups is 1. The minimum absolute atomic E-state index is 0.0000793. The average Bonchev–Trinajstić information content (AvgIpc) is 1.52. The molecule has 1 aliphatic rings. The molecule has 756 valence electrons. The molecule has 16 rings (SSSR count). The molecule has 0 saturated carbocycles. The van der Waals surface area contributed by atoms with Crippen LogP contribution in [0.2, 0.25) is 20.1 Å². The van der Waals surface area contributed by atoms with Crippen LogP contribution in [0.3, 0.4) is 0 Å². The van der Waals surface area contributed by atoms with Gasteiger partial charge in [-0.25, -0.2) is 24.0 Å². The quantitative estimate of drug-likeness (QED) is 0.0135. The fourth-order valence-electron chi connectivity index (χ4n) is 14.5. The van der Waals surface area contributed by atoms with E-state index in [1.54, 1.807) is 106 Å². The third kappa shape index (κ3) is 28.7. The number of hydrogen-bond donors (Lipinski definition) is 10. The molecule has 40 heteroatoms. The summed E-state index contributed by atoms with van der Waals surface area (Å²) in [5.41, 5.74) is 14.3. The molecule has 5 aromatic heterocycles. The van der Waals surface area contributed by atoms with E-state index >= 15 is 0 Å². The summed E-state index contributed by atoms with van der Waals surface area (Å²) in [6.07, 6.45) is 4.55. The maximum Gasteiger partial charge on any atom is 0.348 e. The minimum Gasteiger partial charge on any atom is -0.477 e. The van der Waals surface area contributed by atoms with Crippen LogP contribution in [0.25, 0.3) is 52.2 Å². The molecule has 0 bridgehead atoms. The lowest BCUT2D eigenvalue weighted by atomic mass is 10.1. The molecule has 15 aromatic rings. The Kier molecular flexibility index (Phi) is 39.2. The Balaban J connectivity index is 0.000000163. The topological polar surface area (TPSA) is 391 Å². The van der Waals surface area contributed by atoms with Gasteiger partial charge in [0.1, 0.15) is 30.1 Å². The number of aromatic carboxylic acids is 5. The molecular weight excluding hydrogens is 2130 g/mol. The Labute approximate surface area is 885 Å². The van der Waals surface area contributed by atoms with E-state index in [9.17, 15) is 72.3 Å². The van der Waals surface area contributed by atoms with Crippen LogP contribution in [0.5, 0.6) is 0 Å². The molecule has 26 nitrogen and oxygen atoms in total. The normalized spacial score (nSPS) is 13.4. The second kappa shape index (κ2) is 50.7. The molecule has 0 spiro atoms. The zero-order chi connectivity index (χ0) is 106. The van der Waals surface area contributed by atoms with Crippen LogP contribution < -0.4 is 52.0 Å². The van der Waals surface area contributed by atoms with Crippen LogP contribution in [0.1, 0.15) is 120 Å². The summed E-state index contributed by atoms with van der Waals surface area (Å²) in [4.78, 5) is 67.3. The molecule has 0 saturated heterocycles. The number of nitrogens with one attached hydrogen (secondary N) is 5. The zero-order valence-electron chi connectivity index (χ0n) is 80.4. The lowest BCUT2D eigenvalue weighted by Gasteiger charge is -2.22. The Morgan fingerprint density at radius 1 is 0.336 bits per heavy atom. The lowest BCUT2D eigenvalue weighted by molar-refractivity contribution is 0.0692. The summed E-state index contributed by atoms with van der Waals surface area (Å²) in [6.45, 7) is 19.3. The molecule has 10 aromatic carbocycles. The number of anilines is 5. The van der Waals surface area contributed by atoms with E-state index in [4.69, 9.17) is 69.0 Å². The van der Waals surface area contributed by atoms with E-state index in [1.807, 2.05) is 212 Å².